The van der Waals surface area contributed by atoms with Crippen molar-refractivity contribution in [2.75, 3.05) is 6.61 Å². The summed E-state index contributed by atoms with van der Waals surface area (Å²) in [6.07, 6.45) is 0. The summed E-state index contributed by atoms with van der Waals surface area (Å²) in [5, 5.41) is 28.7. The third-order valence-corrected chi connectivity index (χ3v) is 3.49. The first-order valence-corrected chi connectivity index (χ1v) is 7.50. The van der Waals surface area contributed by atoms with Crippen molar-refractivity contribution in [3.05, 3.63) is 46.5 Å². The number of phenolic OH excluding ortho intramolecular Hbond substituents is 1. The molecule has 2 aromatic carbocycles. The molecule has 0 spiro atoms. The van der Waals surface area contributed by atoms with E-state index in [4.69, 9.17) is 14.6 Å². The number of hydrogen-bond acceptors (Lipinski definition) is 6. The van der Waals surface area contributed by atoms with Gasteiger partial charge in [0.1, 0.15) is 34.1 Å². The van der Waals surface area contributed by atoms with E-state index in [1.807, 2.05) is 0 Å². The highest BCUT2D eigenvalue weighted by atomic mass is 16.5. The number of aromatic carboxylic acids is 1. The van der Waals surface area contributed by atoms with E-state index in [1.165, 1.54) is 25.1 Å². The van der Waals surface area contributed by atoms with Crippen molar-refractivity contribution in [2.45, 2.75) is 20.8 Å². The molecule has 2 aromatic rings. The molecule has 0 aliphatic heterocycles. The van der Waals surface area contributed by atoms with Crippen molar-refractivity contribution in [3.63, 3.8) is 0 Å². The number of aryl methyl sites for hydroxylation is 2. The van der Waals surface area contributed by atoms with Crippen LogP contribution in [-0.4, -0.2) is 33.9 Å². The number of phenols is 2. The van der Waals surface area contributed by atoms with Crippen LogP contribution in [0.5, 0.6) is 23.0 Å². The number of rotatable bonds is 5. The Kier molecular flexibility index (Phi) is 5.17. The van der Waals surface area contributed by atoms with Gasteiger partial charge in [-0.25, -0.2) is 9.59 Å². The summed E-state index contributed by atoms with van der Waals surface area (Å²) in [5.74, 6) is -2.28. The van der Waals surface area contributed by atoms with Gasteiger partial charge >= 0.3 is 11.9 Å². The van der Waals surface area contributed by atoms with E-state index in [2.05, 4.69) is 0 Å². The molecule has 0 aromatic heterocycles. The Morgan fingerprint density at radius 3 is 2.20 bits per heavy atom. The molecule has 0 aliphatic carbocycles. The third-order valence-electron chi connectivity index (χ3n) is 3.49. The van der Waals surface area contributed by atoms with E-state index in [1.54, 1.807) is 13.8 Å². The Labute approximate surface area is 144 Å². The van der Waals surface area contributed by atoms with E-state index >= 15 is 0 Å². The molecule has 0 heterocycles. The van der Waals surface area contributed by atoms with Crippen LogP contribution in [0.15, 0.2) is 24.3 Å². The highest BCUT2D eigenvalue weighted by Gasteiger charge is 2.20. The fourth-order valence-corrected chi connectivity index (χ4v) is 2.48. The normalized spacial score (nSPS) is 10.4. The standard InChI is InChI=1S/C18H18O7/c1-4-24-18(23)16-9(2)5-11(19)7-14(16)25-12-6-10(3)15(17(21)22)13(20)8-12/h5-8,19-20H,4H2,1-3H3,(H,21,22). The monoisotopic (exact) mass is 346 g/mol. The molecular weight excluding hydrogens is 328 g/mol. The molecule has 25 heavy (non-hydrogen) atoms. The highest BCUT2D eigenvalue weighted by molar-refractivity contribution is 5.95. The first-order valence-electron chi connectivity index (χ1n) is 7.50. The number of ether oxygens (including phenoxy) is 2. The van der Waals surface area contributed by atoms with Crippen LogP contribution in [0.1, 0.15) is 38.8 Å². The van der Waals surface area contributed by atoms with Crippen molar-refractivity contribution in [1.29, 1.82) is 0 Å². The SMILES string of the molecule is CCOC(=O)c1c(C)cc(O)cc1Oc1cc(C)c(C(=O)O)c(O)c1. The van der Waals surface area contributed by atoms with Gasteiger partial charge in [0.25, 0.3) is 0 Å². The maximum atomic E-state index is 12.2. The van der Waals surface area contributed by atoms with Crippen LogP contribution in [0, 0.1) is 13.8 Å². The van der Waals surface area contributed by atoms with E-state index in [0.717, 1.165) is 6.07 Å². The van der Waals surface area contributed by atoms with Gasteiger partial charge in [-0.2, -0.15) is 0 Å². The molecule has 132 valence electrons. The molecule has 0 unspecified atom stereocenters. The molecule has 0 bridgehead atoms. The van der Waals surface area contributed by atoms with Gasteiger partial charge in [0.15, 0.2) is 0 Å². The number of carboxylic acid groups (broad SMARTS) is 1. The highest BCUT2D eigenvalue weighted by Crippen LogP contribution is 2.35. The number of carbonyl (C=O) groups excluding carboxylic acids is 1. The van der Waals surface area contributed by atoms with Crippen molar-refractivity contribution in [3.8, 4) is 23.0 Å². The van der Waals surface area contributed by atoms with Crippen molar-refractivity contribution in [1.82, 2.24) is 0 Å². The number of benzene rings is 2. The first kappa shape index (κ1) is 18.1. The van der Waals surface area contributed by atoms with Crippen LogP contribution in [0.4, 0.5) is 0 Å². The van der Waals surface area contributed by atoms with Crippen LogP contribution in [0.25, 0.3) is 0 Å². The molecule has 0 amide bonds. The number of aromatic hydroxyl groups is 2. The average molecular weight is 346 g/mol. The Morgan fingerprint density at radius 1 is 1.00 bits per heavy atom. The molecule has 0 radical (unpaired) electrons. The van der Waals surface area contributed by atoms with Crippen LogP contribution < -0.4 is 4.74 Å². The van der Waals surface area contributed by atoms with Gasteiger partial charge in [0.2, 0.25) is 0 Å². The maximum absolute atomic E-state index is 12.2. The molecule has 0 saturated heterocycles. The molecule has 0 saturated carbocycles. The van der Waals surface area contributed by atoms with Crippen molar-refractivity contribution < 1.29 is 34.4 Å². The summed E-state index contributed by atoms with van der Waals surface area (Å²) in [5.41, 5.74) is 0.651. The van der Waals surface area contributed by atoms with Crippen molar-refractivity contribution in [2.24, 2.45) is 0 Å². The lowest BCUT2D eigenvalue weighted by atomic mass is 10.1. The summed E-state index contributed by atoms with van der Waals surface area (Å²) in [7, 11) is 0. The van der Waals surface area contributed by atoms with E-state index in [-0.39, 0.29) is 40.5 Å². The Bertz CT molecular complexity index is 817. The van der Waals surface area contributed by atoms with Gasteiger partial charge in [0, 0.05) is 12.1 Å². The van der Waals surface area contributed by atoms with Gasteiger partial charge in [-0.3, -0.25) is 0 Å². The zero-order valence-corrected chi connectivity index (χ0v) is 14.0. The summed E-state index contributed by atoms with van der Waals surface area (Å²) < 4.78 is 10.6. The Hall–Kier alpha value is -3.22. The second-order valence-corrected chi connectivity index (χ2v) is 5.40. The quantitative estimate of drug-likeness (QED) is 0.711. The minimum atomic E-state index is -1.26. The predicted octanol–water partition coefficient (Wildman–Crippen LogP) is 3.38. The maximum Gasteiger partial charge on any atom is 0.342 e. The number of hydrogen-bond donors (Lipinski definition) is 3. The van der Waals surface area contributed by atoms with Gasteiger partial charge < -0.3 is 24.8 Å². The van der Waals surface area contributed by atoms with Gasteiger partial charge in [0.05, 0.1) is 6.61 Å². The van der Waals surface area contributed by atoms with Crippen molar-refractivity contribution >= 4 is 11.9 Å². The largest absolute Gasteiger partial charge is 0.508 e. The molecule has 7 nitrogen and oxygen atoms in total. The third kappa shape index (κ3) is 3.82. The van der Waals surface area contributed by atoms with Crippen LogP contribution in [-0.2, 0) is 4.74 Å². The molecule has 3 N–H and O–H groups in total. The zero-order valence-electron chi connectivity index (χ0n) is 14.0. The molecular formula is C18H18O7. The lowest BCUT2D eigenvalue weighted by molar-refractivity contribution is 0.0522. The summed E-state index contributed by atoms with van der Waals surface area (Å²) in [4.78, 5) is 23.3. The molecule has 0 aliphatic rings. The van der Waals surface area contributed by atoms with E-state index < -0.39 is 17.7 Å². The minimum absolute atomic E-state index is 0.0397. The zero-order chi connectivity index (χ0) is 18.7. The van der Waals surface area contributed by atoms with E-state index in [9.17, 15) is 19.8 Å². The van der Waals surface area contributed by atoms with E-state index in [0.29, 0.717) is 5.56 Å². The Balaban J connectivity index is 2.50. The lowest BCUT2D eigenvalue weighted by Gasteiger charge is -2.15. The fraction of sp³-hybridized carbons (Fsp3) is 0.222. The van der Waals surface area contributed by atoms with Crippen LogP contribution in [0.2, 0.25) is 0 Å². The van der Waals surface area contributed by atoms with Gasteiger partial charge in [-0.1, -0.05) is 0 Å². The van der Waals surface area contributed by atoms with Crippen LogP contribution in [0.3, 0.4) is 0 Å². The summed E-state index contributed by atoms with van der Waals surface area (Å²) in [6, 6.07) is 5.19. The number of carboxylic acids is 1. The topological polar surface area (TPSA) is 113 Å². The van der Waals surface area contributed by atoms with Gasteiger partial charge in [-0.15, -0.1) is 0 Å². The lowest BCUT2D eigenvalue weighted by Crippen LogP contribution is -2.09. The van der Waals surface area contributed by atoms with Crippen LogP contribution >= 0.6 is 0 Å². The Morgan fingerprint density at radius 2 is 1.64 bits per heavy atom. The molecule has 2 rings (SSSR count). The number of carbonyl (C=O) groups is 2. The predicted molar refractivity (Wildman–Crippen MR) is 88.7 cm³/mol. The smallest absolute Gasteiger partial charge is 0.342 e. The summed E-state index contributed by atoms with van der Waals surface area (Å²) in [6.45, 7) is 4.97. The first-order chi connectivity index (χ1) is 11.7. The molecule has 7 heteroatoms. The summed E-state index contributed by atoms with van der Waals surface area (Å²) >= 11 is 0. The van der Waals surface area contributed by atoms with Gasteiger partial charge in [-0.05, 0) is 44.0 Å². The average Bonchev–Trinajstić information content (AvgIpc) is 2.45. The molecule has 0 fully saturated rings. The minimum Gasteiger partial charge on any atom is -0.508 e. The fourth-order valence-electron chi connectivity index (χ4n) is 2.48. The second kappa shape index (κ2) is 7.12. The molecule has 0 atom stereocenters. The number of esters is 1. The second-order valence-electron chi connectivity index (χ2n) is 5.40.